The summed E-state index contributed by atoms with van der Waals surface area (Å²) in [4.78, 5) is 8.22. The van der Waals surface area contributed by atoms with E-state index in [2.05, 4.69) is 31.2 Å². The molecule has 0 atom stereocenters. The molecule has 0 unspecified atom stereocenters. The lowest BCUT2D eigenvalue weighted by molar-refractivity contribution is 0.412. The molecule has 0 amide bonds. The Hall–Kier alpha value is -1.82. The van der Waals surface area contributed by atoms with Crippen molar-refractivity contribution in [2.45, 2.75) is 13.3 Å². The Morgan fingerprint density at radius 2 is 2.16 bits per heavy atom. The van der Waals surface area contributed by atoms with Crippen LogP contribution in [-0.2, 0) is 6.42 Å². The van der Waals surface area contributed by atoms with Gasteiger partial charge < -0.3 is 15.8 Å². The summed E-state index contributed by atoms with van der Waals surface area (Å²) < 4.78 is 6.07. The zero-order chi connectivity index (χ0) is 13.8. The van der Waals surface area contributed by atoms with E-state index in [0.29, 0.717) is 5.82 Å². The predicted molar refractivity (Wildman–Crippen MR) is 79.8 cm³/mol. The van der Waals surface area contributed by atoms with Gasteiger partial charge in [0.05, 0.1) is 11.6 Å². The highest BCUT2D eigenvalue weighted by Gasteiger charge is 2.08. The molecule has 19 heavy (non-hydrogen) atoms. The third-order valence-corrected chi connectivity index (χ3v) is 3.37. The van der Waals surface area contributed by atoms with Gasteiger partial charge in [0.25, 0.3) is 0 Å². The Labute approximate surface area is 120 Å². The van der Waals surface area contributed by atoms with Gasteiger partial charge in [-0.2, -0.15) is 0 Å². The summed E-state index contributed by atoms with van der Waals surface area (Å²) in [5.41, 5.74) is 7.66. The number of methoxy groups -OCH3 is 1. The molecule has 0 spiro atoms. The Bertz CT molecular complexity index is 589. The van der Waals surface area contributed by atoms with Gasteiger partial charge in [-0.25, -0.2) is 9.97 Å². The van der Waals surface area contributed by atoms with Crippen LogP contribution in [0.5, 0.6) is 5.75 Å². The molecule has 2 aromatic rings. The third-order valence-electron chi connectivity index (χ3n) is 2.75. The van der Waals surface area contributed by atoms with Gasteiger partial charge in [0.2, 0.25) is 0 Å². The van der Waals surface area contributed by atoms with Gasteiger partial charge in [-0.1, -0.05) is 6.92 Å². The van der Waals surface area contributed by atoms with E-state index in [1.807, 2.05) is 25.1 Å². The number of benzene rings is 1. The third kappa shape index (κ3) is 2.96. The Morgan fingerprint density at radius 3 is 2.79 bits per heavy atom. The van der Waals surface area contributed by atoms with Gasteiger partial charge in [-0.15, -0.1) is 0 Å². The maximum atomic E-state index is 5.84. The molecule has 1 heterocycles. The fraction of sp³-hybridized carbons (Fsp3) is 0.231. The molecule has 100 valence electrons. The van der Waals surface area contributed by atoms with Gasteiger partial charge in [0.15, 0.2) is 0 Å². The first-order chi connectivity index (χ1) is 9.15. The van der Waals surface area contributed by atoms with E-state index in [0.717, 1.165) is 33.7 Å². The Balaban J connectivity index is 2.31. The lowest BCUT2D eigenvalue weighted by atomic mass is 10.2. The summed E-state index contributed by atoms with van der Waals surface area (Å²) in [5.74, 6) is 2.02. The lowest BCUT2D eigenvalue weighted by Gasteiger charge is -2.12. The minimum absolute atomic E-state index is 0.507. The summed E-state index contributed by atoms with van der Waals surface area (Å²) in [7, 11) is 1.63. The molecule has 0 saturated carbocycles. The van der Waals surface area contributed by atoms with E-state index in [4.69, 9.17) is 10.5 Å². The van der Waals surface area contributed by atoms with Crippen molar-refractivity contribution in [3.63, 3.8) is 0 Å². The van der Waals surface area contributed by atoms with Crippen LogP contribution >= 0.6 is 15.9 Å². The number of ether oxygens (including phenoxy) is 1. The summed E-state index contributed by atoms with van der Waals surface area (Å²) in [5, 5.41) is 3.24. The number of nitrogens with zero attached hydrogens (tertiary/aromatic N) is 2. The molecule has 0 aliphatic carbocycles. The largest absolute Gasteiger partial charge is 0.496 e. The predicted octanol–water partition coefficient (Wildman–Crippen LogP) is 3.14. The highest BCUT2D eigenvalue weighted by molar-refractivity contribution is 9.10. The van der Waals surface area contributed by atoms with Gasteiger partial charge in [-0.3, -0.25) is 0 Å². The van der Waals surface area contributed by atoms with Crippen LogP contribution in [0.15, 0.2) is 29.0 Å². The Kier molecular flexibility index (Phi) is 4.21. The second-order valence-electron chi connectivity index (χ2n) is 3.91. The second-order valence-corrected chi connectivity index (χ2v) is 4.77. The molecule has 3 N–H and O–H groups in total. The maximum absolute atomic E-state index is 5.84. The molecule has 6 heteroatoms. The molecule has 0 fully saturated rings. The number of nitrogens with two attached hydrogens (primary N) is 1. The first-order valence-corrected chi connectivity index (χ1v) is 6.65. The van der Waals surface area contributed by atoms with E-state index in [1.54, 1.807) is 7.11 Å². The fourth-order valence-electron chi connectivity index (χ4n) is 1.76. The van der Waals surface area contributed by atoms with Crippen molar-refractivity contribution in [2.24, 2.45) is 0 Å². The molecular weight excluding hydrogens is 308 g/mol. The molecule has 0 bridgehead atoms. The van der Waals surface area contributed by atoms with Crippen LogP contribution in [-0.4, -0.2) is 17.1 Å². The van der Waals surface area contributed by atoms with Crippen LogP contribution < -0.4 is 15.8 Å². The summed E-state index contributed by atoms with van der Waals surface area (Å²) in [6.45, 7) is 2.02. The number of halogens is 1. The van der Waals surface area contributed by atoms with Crippen molar-refractivity contribution in [3.8, 4) is 5.75 Å². The molecule has 0 radical (unpaired) electrons. The monoisotopic (exact) mass is 322 g/mol. The van der Waals surface area contributed by atoms with Crippen molar-refractivity contribution in [3.05, 3.63) is 34.6 Å². The van der Waals surface area contributed by atoms with E-state index >= 15 is 0 Å². The number of rotatable bonds is 4. The van der Waals surface area contributed by atoms with Crippen molar-refractivity contribution < 1.29 is 4.74 Å². The van der Waals surface area contributed by atoms with Crippen LogP contribution in [0.2, 0.25) is 0 Å². The average Bonchev–Trinajstić information content (AvgIpc) is 2.39. The Morgan fingerprint density at radius 1 is 1.37 bits per heavy atom. The van der Waals surface area contributed by atoms with Crippen molar-refractivity contribution >= 4 is 33.3 Å². The number of nitrogens with one attached hydrogen (secondary N) is 1. The first-order valence-electron chi connectivity index (χ1n) is 5.85. The zero-order valence-corrected chi connectivity index (χ0v) is 12.4. The molecule has 0 aliphatic rings. The van der Waals surface area contributed by atoms with Crippen molar-refractivity contribution in [2.75, 3.05) is 18.2 Å². The minimum Gasteiger partial charge on any atom is -0.496 e. The second kappa shape index (κ2) is 5.88. The number of hydrogen-bond acceptors (Lipinski definition) is 5. The lowest BCUT2D eigenvalue weighted by Crippen LogP contribution is -2.04. The standard InChI is InChI=1S/C13H15BrN4O/c1-3-9-12(15)16-7-17-13(9)18-8-4-5-11(19-2)10(14)6-8/h4-7H,3H2,1-2H3,(H3,15,16,17,18). The van der Waals surface area contributed by atoms with Gasteiger partial charge in [0.1, 0.15) is 23.7 Å². The summed E-state index contributed by atoms with van der Waals surface area (Å²) >= 11 is 3.45. The van der Waals surface area contributed by atoms with Gasteiger partial charge in [0, 0.05) is 11.3 Å². The SMILES string of the molecule is CCc1c(N)ncnc1Nc1ccc(OC)c(Br)c1. The normalized spacial score (nSPS) is 10.3. The molecule has 5 nitrogen and oxygen atoms in total. The van der Waals surface area contributed by atoms with E-state index in [-0.39, 0.29) is 0 Å². The minimum atomic E-state index is 0.507. The fourth-order valence-corrected chi connectivity index (χ4v) is 2.30. The first kappa shape index (κ1) is 13.6. The van der Waals surface area contributed by atoms with Crippen LogP contribution in [0.25, 0.3) is 0 Å². The number of aromatic nitrogens is 2. The van der Waals surface area contributed by atoms with Crippen LogP contribution in [0, 0.1) is 0 Å². The van der Waals surface area contributed by atoms with E-state index in [9.17, 15) is 0 Å². The number of anilines is 3. The number of nitrogen functional groups attached to an aromatic ring is 1. The highest BCUT2D eigenvalue weighted by Crippen LogP contribution is 2.30. The van der Waals surface area contributed by atoms with Gasteiger partial charge in [-0.05, 0) is 40.5 Å². The smallest absolute Gasteiger partial charge is 0.139 e. The quantitative estimate of drug-likeness (QED) is 0.904. The average molecular weight is 323 g/mol. The van der Waals surface area contributed by atoms with Crippen molar-refractivity contribution in [1.82, 2.24) is 9.97 Å². The van der Waals surface area contributed by atoms with Gasteiger partial charge >= 0.3 is 0 Å². The molecule has 1 aromatic heterocycles. The molecular formula is C13H15BrN4O. The molecule has 0 saturated heterocycles. The highest BCUT2D eigenvalue weighted by atomic mass is 79.9. The summed E-state index contributed by atoms with van der Waals surface area (Å²) in [6.07, 6.45) is 2.22. The van der Waals surface area contributed by atoms with Crippen LogP contribution in [0.3, 0.4) is 0 Å². The maximum Gasteiger partial charge on any atom is 0.139 e. The topological polar surface area (TPSA) is 73.1 Å². The van der Waals surface area contributed by atoms with Crippen LogP contribution in [0.1, 0.15) is 12.5 Å². The molecule has 1 aromatic carbocycles. The number of hydrogen-bond donors (Lipinski definition) is 2. The van der Waals surface area contributed by atoms with E-state index < -0.39 is 0 Å². The van der Waals surface area contributed by atoms with Crippen LogP contribution in [0.4, 0.5) is 17.3 Å². The summed E-state index contributed by atoms with van der Waals surface area (Å²) in [6, 6.07) is 5.72. The van der Waals surface area contributed by atoms with E-state index in [1.165, 1.54) is 6.33 Å². The zero-order valence-electron chi connectivity index (χ0n) is 10.8. The van der Waals surface area contributed by atoms with Crippen molar-refractivity contribution in [1.29, 1.82) is 0 Å². The molecule has 2 rings (SSSR count). The molecule has 0 aliphatic heterocycles.